The lowest BCUT2D eigenvalue weighted by molar-refractivity contribution is 0.153. The molecule has 2 rings (SSSR count). The van der Waals surface area contributed by atoms with Crippen molar-refractivity contribution in [1.82, 2.24) is 5.16 Å². The number of benzene rings is 1. The quantitative estimate of drug-likeness (QED) is 0.355. The van der Waals surface area contributed by atoms with Crippen molar-refractivity contribution < 1.29 is 27.7 Å². The number of hydrogen-bond donors (Lipinski definition) is 2. The molecule has 154 valence electrons. The minimum Gasteiger partial charge on any atom is -0.423 e. The van der Waals surface area contributed by atoms with Crippen molar-refractivity contribution in [3.8, 4) is 0 Å². The molecule has 1 heterocycles. The second-order valence-electron chi connectivity index (χ2n) is 7.81. The fourth-order valence-corrected chi connectivity index (χ4v) is 4.76. The van der Waals surface area contributed by atoms with Gasteiger partial charge in [0.05, 0.1) is 10.6 Å². The first-order valence-electron chi connectivity index (χ1n) is 8.93. The third-order valence-electron chi connectivity index (χ3n) is 4.33. The molecule has 2 aromatic rings. The van der Waals surface area contributed by atoms with Gasteiger partial charge in [0.1, 0.15) is 6.73 Å². The average Bonchev–Trinajstić information content (AvgIpc) is 2.93. The molecule has 0 fully saturated rings. The topological polar surface area (TPSA) is 113 Å². The molecular weight excluding hydrogens is 399 g/mol. The van der Waals surface area contributed by atoms with E-state index in [4.69, 9.17) is 9.26 Å². The van der Waals surface area contributed by atoms with Crippen molar-refractivity contribution in [2.45, 2.75) is 44.4 Å². The van der Waals surface area contributed by atoms with Gasteiger partial charge >= 0.3 is 7.12 Å². The monoisotopic (exact) mass is 426 g/mol. The lowest BCUT2D eigenvalue weighted by atomic mass is 9.80. The molecule has 1 aromatic heterocycles. The van der Waals surface area contributed by atoms with Gasteiger partial charge in [-0.05, 0) is 26.0 Å². The summed E-state index contributed by atoms with van der Waals surface area (Å²) >= 11 is 0. The lowest BCUT2D eigenvalue weighted by Gasteiger charge is -2.24. The maximum atomic E-state index is 13.4. The summed E-state index contributed by atoms with van der Waals surface area (Å²) in [5, 5.41) is 23.0. The highest BCUT2D eigenvalue weighted by Gasteiger charge is 2.34. The second-order valence-corrected chi connectivity index (χ2v) is 15.3. The zero-order valence-corrected chi connectivity index (χ0v) is 18.7. The summed E-state index contributed by atoms with van der Waals surface area (Å²) < 4.78 is 38.6. The molecule has 0 aliphatic rings. The Kier molecular flexibility index (Phi) is 7.10. The van der Waals surface area contributed by atoms with Crippen LogP contribution >= 0.6 is 0 Å². The number of ether oxygens (including phenoxy) is 1. The van der Waals surface area contributed by atoms with Crippen molar-refractivity contribution >= 4 is 36.6 Å². The van der Waals surface area contributed by atoms with Crippen LogP contribution in [0.25, 0.3) is 0 Å². The van der Waals surface area contributed by atoms with Crippen LogP contribution in [0.4, 0.5) is 5.88 Å². The molecule has 0 radical (unpaired) electrons. The Morgan fingerprint density at radius 3 is 2.39 bits per heavy atom. The molecule has 0 aliphatic carbocycles. The van der Waals surface area contributed by atoms with E-state index in [1.165, 1.54) is 24.3 Å². The summed E-state index contributed by atoms with van der Waals surface area (Å²) in [7, 11) is -7.47. The fourth-order valence-electron chi connectivity index (χ4n) is 2.45. The van der Waals surface area contributed by atoms with Crippen molar-refractivity contribution in [3.05, 3.63) is 35.5 Å². The molecule has 11 heteroatoms. The average molecular weight is 426 g/mol. The highest BCUT2D eigenvalue weighted by Crippen LogP contribution is 2.28. The summed E-state index contributed by atoms with van der Waals surface area (Å²) in [6.45, 7) is 10.2. The van der Waals surface area contributed by atoms with E-state index in [-0.39, 0.29) is 23.0 Å². The highest BCUT2D eigenvalue weighted by molar-refractivity contribution is 7.93. The van der Waals surface area contributed by atoms with E-state index in [1.54, 1.807) is 13.8 Å². The van der Waals surface area contributed by atoms with Crippen LogP contribution in [0.5, 0.6) is 0 Å². The zero-order valence-electron chi connectivity index (χ0n) is 16.8. The number of rotatable bonds is 9. The molecule has 2 N–H and O–H groups in total. The molecule has 0 saturated heterocycles. The van der Waals surface area contributed by atoms with Gasteiger partial charge in [-0.2, -0.15) is 0 Å². The number of nitrogens with zero attached hydrogens (tertiary/aromatic N) is 2. The number of aromatic nitrogens is 1. The predicted molar refractivity (Wildman–Crippen MR) is 111 cm³/mol. The first kappa shape index (κ1) is 22.6. The molecular formula is C17H27BN2O6SSi. The van der Waals surface area contributed by atoms with Crippen LogP contribution in [0.2, 0.25) is 25.7 Å². The molecule has 0 aliphatic heterocycles. The first-order valence-corrected chi connectivity index (χ1v) is 14.1. The largest absolute Gasteiger partial charge is 0.489 e. The van der Waals surface area contributed by atoms with E-state index in [9.17, 15) is 18.5 Å². The Bertz CT molecular complexity index is 911. The maximum absolute atomic E-state index is 13.4. The lowest BCUT2D eigenvalue weighted by Crippen LogP contribution is -2.41. The van der Waals surface area contributed by atoms with Crippen molar-refractivity contribution in [2.75, 3.05) is 17.6 Å². The van der Waals surface area contributed by atoms with Gasteiger partial charge in [-0.15, -0.1) is 0 Å². The smallest absolute Gasteiger partial charge is 0.423 e. The van der Waals surface area contributed by atoms with Crippen LogP contribution in [-0.2, 0) is 14.8 Å². The maximum Gasteiger partial charge on any atom is 0.489 e. The second kappa shape index (κ2) is 8.79. The Morgan fingerprint density at radius 1 is 1.21 bits per heavy atom. The Morgan fingerprint density at radius 2 is 1.86 bits per heavy atom. The van der Waals surface area contributed by atoms with Crippen molar-refractivity contribution in [3.63, 3.8) is 0 Å². The van der Waals surface area contributed by atoms with E-state index >= 15 is 0 Å². The van der Waals surface area contributed by atoms with Gasteiger partial charge in [0.25, 0.3) is 10.0 Å². The Hall–Kier alpha value is -1.66. The number of anilines is 1. The SMILES string of the molecule is Cc1noc(N(COCC[Si](C)(C)C)S(=O)(=O)c2ccccc2B(O)O)c1C. The van der Waals surface area contributed by atoms with Gasteiger partial charge in [-0.25, -0.2) is 12.7 Å². The number of aryl methyl sites for hydroxylation is 1. The van der Waals surface area contributed by atoms with Gasteiger partial charge in [-0.3, -0.25) is 0 Å². The van der Waals surface area contributed by atoms with Crippen LogP contribution in [0.1, 0.15) is 11.3 Å². The van der Waals surface area contributed by atoms with Gasteiger partial charge in [0.2, 0.25) is 5.88 Å². The van der Waals surface area contributed by atoms with E-state index in [2.05, 4.69) is 24.8 Å². The molecule has 0 spiro atoms. The van der Waals surface area contributed by atoms with Gasteiger partial charge in [0, 0.05) is 25.7 Å². The van der Waals surface area contributed by atoms with Gasteiger partial charge < -0.3 is 19.3 Å². The fraction of sp³-hybridized carbons (Fsp3) is 0.471. The number of sulfonamides is 1. The van der Waals surface area contributed by atoms with Crippen molar-refractivity contribution in [1.29, 1.82) is 0 Å². The Labute approximate surface area is 167 Å². The summed E-state index contributed by atoms with van der Waals surface area (Å²) in [6.07, 6.45) is 0. The normalized spacial score (nSPS) is 12.2. The van der Waals surface area contributed by atoms with Crippen molar-refractivity contribution in [2.24, 2.45) is 0 Å². The van der Waals surface area contributed by atoms with Crippen LogP contribution in [-0.4, -0.2) is 52.2 Å². The molecule has 0 unspecified atom stereocenters. The summed E-state index contributed by atoms with van der Waals surface area (Å²) in [5.74, 6) is 0.0488. The van der Waals surface area contributed by atoms with E-state index in [0.717, 1.165) is 10.3 Å². The van der Waals surface area contributed by atoms with Gasteiger partial charge in [-0.1, -0.05) is 43.0 Å². The number of hydrogen-bond acceptors (Lipinski definition) is 7. The van der Waals surface area contributed by atoms with Crippen LogP contribution in [0.3, 0.4) is 0 Å². The third kappa shape index (κ3) is 5.23. The molecule has 8 nitrogen and oxygen atoms in total. The highest BCUT2D eigenvalue weighted by atomic mass is 32.2. The standard InChI is InChI=1S/C17H27BN2O6SSi/c1-13-14(2)19-26-17(13)20(12-25-10-11-28(3,4)5)27(23,24)16-9-7-6-8-15(16)18(21)22/h6-9,21-22H,10-12H2,1-5H3. The molecule has 0 saturated carbocycles. The summed E-state index contributed by atoms with van der Waals surface area (Å²) in [6, 6.07) is 6.59. The zero-order chi connectivity index (χ0) is 21.1. The molecule has 0 amide bonds. The van der Waals surface area contributed by atoms with Crippen LogP contribution in [0.15, 0.2) is 33.7 Å². The predicted octanol–water partition coefficient (Wildman–Crippen LogP) is 1.48. The van der Waals surface area contributed by atoms with Crippen LogP contribution in [0, 0.1) is 13.8 Å². The summed E-state index contributed by atoms with van der Waals surface area (Å²) in [4.78, 5) is -0.229. The Balaban J connectivity index is 2.42. The molecule has 0 atom stereocenters. The third-order valence-corrected chi connectivity index (χ3v) is 7.81. The van der Waals surface area contributed by atoms with E-state index < -0.39 is 25.2 Å². The molecule has 1 aromatic carbocycles. The minimum atomic E-state index is -4.19. The van der Waals surface area contributed by atoms with E-state index in [1.807, 2.05) is 0 Å². The van der Waals surface area contributed by atoms with Crippen LogP contribution < -0.4 is 9.77 Å². The first-order chi connectivity index (χ1) is 12.9. The minimum absolute atomic E-state index is 0.0488. The summed E-state index contributed by atoms with van der Waals surface area (Å²) in [5.41, 5.74) is 1.01. The van der Waals surface area contributed by atoms with E-state index in [0.29, 0.717) is 17.9 Å². The van der Waals surface area contributed by atoms with Gasteiger partial charge in [0.15, 0.2) is 0 Å². The molecule has 0 bridgehead atoms. The molecule has 28 heavy (non-hydrogen) atoms.